The molecule has 0 aromatic carbocycles. The first-order valence-electron chi connectivity index (χ1n) is 15.0. The van der Waals surface area contributed by atoms with E-state index in [0.29, 0.717) is 0 Å². The van der Waals surface area contributed by atoms with E-state index in [9.17, 15) is 55.5 Å². The van der Waals surface area contributed by atoms with Gasteiger partial charge in [-0.2, -0.15) is 0 Å². The van der Waals surface area contributed by atoms with Crippen LogP contribution < -0.4 is 11.1 Å². The van der Waals surface area contributed by atoms with Crippen molar-refractivity contribution < 1.29 is 84.0 Å². The van der Waals surface area contributed by atoms with Crippen molar-refractivity contribution in [3.8, 4) is 0 Å². The van der Waals surface area contributed by atoms with Gasteiger partial charge in [0.1, 0.15) is 60.5 Å². The number of nitrogens with one attached hydrogen (secondary N) is 1. The summed E-state index contributed by atoms with van der Waals surface area (Å²) in [5.41, 5.74) is 5.19. The lowest BCUT2D eigenvalue weighted by Gasteiger charge is -2.47. The van der Waals surface area contributed by atoms with Gasteiger partial charge in [0.15, 0.2) is 18.9 Å². The maximum absolute atomic E-state index is 12.5. The lowest BCUT2D eigenvalue weighted by atomic mass is 9.96. The minimum Gasteiger partial charge on any atom is -0.460 e. The van der Waals surface area contributed by atoms with Gasteiger partial charge in [0.2, 0.25) is 5.91 Å². The molecule has 268 valence electrons. The van der Waals surface area contributed by atoms with Crippen LogP contribution in [0.5, 0.6) is 0 Å². The van der Waals surface area contributed by atoms with Gasteiger partial charge in [-0.15, -0.1) is 0 Å². The zero-order chi connectivity index (χ0) is 34.5. The minimum absolute atomic E-state index is 0.00438. The van der Waals surface area contributed by atoms with E-state index in [0.717, 1.165) is 0 Å². The van der Waals surface area contributed by atoms with Crippen molar-refractivity contribution in [1.29, 1.82) is 0 Å². The second-order valence-corrected chi connectivity index (χ2v) is 12.5. The number of hydrogen-bond acceptors (Lipinski definition) is 18. The van der Waals surface area contributed by atoms with Crippen molar-refractivity contribution in [3.05, 3.63) is 0 Å². The Balaban J connectivity index is 1.58. The van der Waals surface area contributed by atoms with E-state index in [1.54, 1.807) is 20.8 Å². The molecule has 3 aliphatic heterocycles. The van der Waals surface area contributed by atoms with Crippen LogP contribution in [0.15, 0.2) is 0 Å². The number of ether oxygens (including phenoxy) is 6. The fourth-order valence-electron chi connectivity index (χ4n) is 5.18. The number of amides is 1. The second-order valence-electron chi connectivity index (χ2n) is 12.5. The number of hydrogen-bond donors (Lipinski definition) is 11. The van der Waals surface area contributed by atoms with Gasteiger partial charge in [-0.05, 0) is 27.2 Å². The monoisotopic (exact) mass is 672 g/mol. The smallest absolute Gasteiger partial charge is 0.306 e. The van der Waals surface area contributed by atoms with Gasteiger partial charge in [-0.1, -0.05) is 0 Å². The summed E-state index contributed by atoms with van der Waals surface area (Å²) in [5, 5.41) is 94.6. The standard InChI is InChI=1S/C27H48N2O17/c1-27(2,3)46-15(33)5-4-11(28)23(39)29-7-10-6-12(32)16(34)25(41-10)44-22-14(9-31)43-26(20(38)18(22)36)45-21-13(8-30)42-24(40)19(37)17(21)35/h10-14,16-22,24-26,30-32,34-38,40H,4-9,28H2,1-3H3,(H,29,39)/t10-,11-,12-,13+,14+,16+,17+,18+,19+,20+,21+,22+,24-,25+,26+/m0/s1. The Kier molecular flexibility index (Phi) is 14.0. The highest BCUT2D eigenvalue weighted by Crippen LogP contribution is 2.32. The van der Waals surface area contributed by atoms with E-state index >= 15 is 0 Å². The predicted molar refractivity (Wildman–Crippen MR) is 149 cm³/mol. The molecular weight excluding hydrogens is 624 g/mol. The van der Waals surface area contributed by atoms with Crippen LogP contribution in [0, 0.1) is 0 Å². The predicted octanol–water partition coefficient (Wildman–Crippen LogP) is -5.97. The summed E-state index contributed by atoms with van der Waals surface area (Å²) in [7, 11) is 0. The van der Waals surface area contributed by atoms with Crippen molar-refractivity contribution in [3.63, 3.8) is 0 Å². The number of nitrogens with two attached hydrogens (primary N) is 1. The zero-order valence-electron chi connectivity index (χ0n) is 25.8. The largest absolute Gasteiger partial charge is 0.460 e. The number of carbonyl (C=O) groups is 2. The molecule has 0 unspecified atom stereocenters. The second kappa shape index (κ2) is 16.6. The van der Waals surface area contributed by atoms with Crippen molar-refractivity contribution in [2.24, 2.45) is 5.73 Å². The molecule has 0 spiro atoms. The van der Waals surface area contributed by atoms with Crippen LogP contribution in [-0.2, 0) is 38.0 Å². The van der Waals surface area contributed by atoms with Crippen LogP contribution in [-0.4, -0.2) is 175 Å². The van der Waals surface area contributed by atoms with Gasteiger partial charge in [-0.25, -0.2) is 0 Å². The Labute approximate surface area is 264 Å². The maximum Gasteiger partial charge on any atom is 0.306 e. The van der Waals surface area contributed by atoms with Gasteiger partial charge in [0, 0.05) is 19.4 Å². The summed E-state index contributed by atoms with van der Waals surface area (Å²) in [6.45, 7) is 3.33. The van der Waals surface area contributed by atoms with Gasteiger partial charge in [0.25, 0.3) is 0 Å². The first-order valence-corrected chi connectivity index (χ1v) is 15.0. The van der Waals surface area contributed by atoms with E-state index in [-0.39, 0.29) is 25.8 Å². The molecule has 3 fully saturated rings. The maximum atomic E-state index is 12.5. The average molecular weight is 673 g/mol. The quantitative estimate of drug-likeness (QED) is 0.0860. The summed E-state index contributed by atoms with van der Waals surface area (Å²) in [6, 6.07) is -1.06. The first-order chi connectivity index (χ1) is 21.5. The molecular formula is C27H48N2O17. The summed E-state index contributed by atoms with van der Waals surface area (Å²) in [6.07, 6.45) is -22.9. The molecule has 0 aromatic rings. The molecule has 12 N–H and O–H groups in total. The molecule has 0 bridgehead atoms. The van der Waals surface area contributed by atoms with Crippen LogP contribution in [0.3, 0.4) is 0 Å². The van der Waals surface area contributed by atoms with Gasteiger partial charge >= 0.3 is 5.97 Å². The first kappa shape index (κ1) is 38.8. The number of aliphatic hydroxyl groups excluding tert-OH is 9. The van der Waals surface area contributed by atoms with Gasteiger partial charge in [0.05, 0.1) is 31.5 Å². The molecule has 0 radical (unpaired) electrons. The SMILES string of the molecule is CC(C)(C)OC(=O)CC[C@H](N)C(=O)NC[C@@H]1C[C@H](O)[C@@H](O)[C@@H](O[C@H]2[C@H](O)[C@@H](O)[C@@H](O[C@H]3[C@H](O)[C@@H](O)[C@@H](O)O[C@@H]3CO)O[C@@H]2CO)O1. The van der Waals surface area contributed by atoms with Crippen molar-refractivity contribution in [2.45, 2.75) is 138 Å². The molecule has 3 saturated heterocycles. The highest BCUT2D eigenvalue weighted by Gasteiger charge is 2.52. The van der Waals surface area contributed by atoms with Gasteiger partial charge in [-0.3, -0.25) is 9.59 Å². The van der Waals surface area contributed by atoms with E-state index in [1.807, 2.05) is 0 Å². The Hall–Kier alpha value is -1.66. The van der Waals surface area contributed by atoms with E-state index < -0.39 is 123 Å². The molecule has 0 saturated carbocycles. The lowest BCUT2D eigenvalue weighted by Crippen LogP contribution is -2.65. The normalized spacial score (nSPS) is 41.1. The molecule has 3 rings (SSSR count). The summed E-state index contributed by atoms with van der Waals surface area (Å²) >= 11 is 0. The van der Waals surface area contributed by atoms with Crippen molar-refractivity contribution in [1.82, 2.24) is 5.32 Å². The fraction of sp³-hybridized carbons (Fsp3) is 0.926. The molecule has 15 atom stereocenters. The topological polar surface area (TPSA) is 310 Å². The fourth-order valence-corrected chi connectivity index (χ4v) is 5.18. The molecule has 46 heavy (non-hydrogen) atoms. The summed E-state index contributed by atoms with van der Waals surface area (Å²) in [5.74, 6) is -1.13. The number of rotatable bonds is 12. The zero-order valence-corrected chi connectivity index (χ0v) is 25.8. The lowest BCUT2D eigenvalue weighted by molar-refractivity contribution is -0.373. The van der Waals surface area contributed by atoms with E-state index in [2.05, 4.69) is 5.32 Å². The molecule has 0 aromatic heterocycles. The summed E-state index contributed by atoms with van der Waals surface area (Å²) in [4.78, 5) is 24.4. The number of carbonyl (C=O) groups excluding carboxylic acids is 2. The third kappa shape index (κ3) is 9.94. The van der Waals surface area contributed by atoms with Crippen molar-refractivity contribution in [2.75, 3.05) is 19.8 Å². The average Bonchev–Trinajstić information content (AvgIpc) is 2.99. The molecule has 19 nitrogen and oxygen atoms in total. The van der Waals surface area contributed by atoms with Crippen LogP contribution >= 0.6 is 0 Å². The highest BCUT2D eigenvalue weighted by atomic mass is 16.7. The molecule has 3 aliphatic rings. The molecule has 1 amide bonds. The number of esters is 1. The third-order valence-corrected chi connectivity index (χ3v) is 7.67. The van der Waals surface area contributed by atoms with Crippen molar-refractivity contribution >= 4 is 11.9 Å². The summed E-state index contributed by atoms with van der Waals surface area (Å²) < 4.78 is 32.6. The third-order valence-electron chi connectivity index (χ3n) is 7.67. The van der Waals surface area contributed by atoms with E-state index in [4.69, 9.17) is 34.2 Å². The highest BCUT2D eigenvalue weighted by molar-refractivity contribution is 5.82. The van der Waals surface area contributed by atoms with Gasteiger partial charge < -0.3 is 85.4 Å². The Morgan fingerprint density at radius 1 is 0.826 bits per heavy atom. The Morgan fingerprint density at radius 2 is 1.37 bits per heavy atom. The minimum atomic E-state index is -1.92. The Bertz CT molecular complexity index is 982. The van der Waals surface area contributed by atoms with Crippen LogP contribution in [0.25, 0.3) is 0 Å². The van der Waals surface area contributed by atoms with Crippen LogP contribution in [0.4, 0.5) is 0 Å². The van der Waals surface area contributed by atoms with E-state index in [1.165, 1.54) is 0 Å². The molecule has 3 heterocycles. The van der Waals surface area contributed by atoms with Crippen LogP contribution in [0.1, 0.15) is 40.0 Å². The van der Waals surface area contributed by atoms with Crippen LogP contribution in [0.2, 0.25) is 0 Å². The molecule has 19 heteroatoms. The Morgan fingerprint density at radius 3 is 1.93 bits per heavy atom. The number of aliphatic hydroxyl groups is 9. The molecule has 0 aliphatic carbocycles.